The number of anilines is 1. The van der Waals surface area contributed by atoms with Crippen molar-refractivity contribution in [1.29, 1.82) is 0 Å². The summed E-state index contributed by atoms with van der Waals surface area (Å²) in [6.45, 7) is 1.95. The van der Waals surface area contributed by atoms with E-state index in [4.69, 9.17) is 0 Å². The van der Waals surface area contributed by atoms with Crippen molar-refractivity contribution in [2.75, 3.05) is 11.4 Å². The van der Waals surface area contributed by atoms with Crippen LogP contribution >= 0.6 is 11.8 Å². The molecule has 1 N–H and O–H groups in total. The molecule has 5 heteroatoms. The summed E-state index contributed by atoms with van der Waals surface area (Å²) in [4.78, 5) is 25.9. The first-order valence-electron chi connectivity index (χ1n) is 8.36. The fraction of sp³-hybridized carbons (Fsp3) is 0.200. The first-order valence-corrected chi connectivity index (χ1v) is 9.17. The summed E-state index contributed by atoms with van der Waals surface area (Å²) in [5, 5.41) is 1.99. The van der Waals surface area contributed by atoms with Crippen LogP contribution in [0.4, 0.5) is 10.5 Å². The van der Waals surface area contributed by atoms with Crippen LogP contribution in [0.25, 0.3) is 6.08 Å². The van der Waals surface area contributed by atoms with Crippen molar-refractivity contribution in [3.8, 4) is 0 Å². The highest BCUT2D eigenvalue weighted by molar-refractivity contribution is 8.18. The molecule has 2 aliphatic heterocycles. The second kappa shape index (κ2) is 6.76. The average Bonchev–Trinajstić information content (AvgIpc) is 2.93. The predicted molar refractivity (Wildman–Crippen MR) is 101 cm³/mol. The highest BCUT2D eigenvalue weighted by Gasteiger charge is 2.25. The maximum atomic E-state index is 11.7. The zero-order chi connectivity index (χ0) is 17.2. The van der Waals surface area contributed by atoms with Gasteiger partial charge < -0.3 is 4.90 Å². The molecule has 0 spiro atoms. The zero-order valence-electron chi connectivity index (χ0n) is 13.7. The number of thioether (sulfide) groups is 1. The minimum atomic E-state index is -0.307. The number of fused-ring (bicyclic) bond motifs is 1. The Balaban J connectivity index is 1.59. The van der Waals surface area contributed by atoms with Gasteiger partial charge in [-0.05, 0) is 59.5 Å². The van der Waals surface area contributed by atoms with E-state index in [2.05, 4.69) is 46.6 Å². The van der Waals surface area contributed by atoms with E-state index >= 15 is 0 Å². The molecule has 0 aromatic heterocycles. The van der Waals surface area contributed by atoms with Gasteiger partial charge in [-0.3, -0.25) is 14.9 Å². The van der Waals surface area contributed by atoms with Crippen molar-refractivity contribution in [1.82, 2.24) is 5.32 Å². The van der Waals surface area contributed by atoms with Gasteiger partial charge in [0.05, 0.1) is 4.91 Å². The fourth-order valence-corrected chi connectivity index (χ4v) is 4.01. The second-order valence-electron chi connectivity index (χ2n) is 6.25. The number of nitrogens with one attached hydrogen (secondary N) is 1. The summed E-state index contributed by atoms with van der Waals surface area (Å²) in [6.07, 6.45) is 3.95. The van der Waals surface area contributed by atoms with Crippen molar-refractivity contribution in [3.05, 3.63) is 70.1 Å². The first-order chi connectivity index (χ1) is 12.2. The Morgan fingerprint density at radius 1 is 1.12 bits per heavy atom. The summed E-state index contributed by atoms with van der Waals surface area (Å²) in [7, 11) is 0. The molecule has 2 aromatic carbocycles. The number of aryl methyl sites for hydroxylation is 1. The SMILES string of the molecule is O=C1NC(=O)/C(=C/c2ccc3c(c2)CCCN3Cc2ccccc2)S1. The van der Waals surface area contributed by atoms with Gasteiger partial charge in [0, 0.05) is 18.8 Å². The molecule has 2 aromatic rings. The van der Waals surface area contributed by atoms with Crippen molar-refractivity contribution < 1.29 is 9.59 Å². The van der Waals surface area contributed by atoms with Crippen molar-refractivity contribution in [2.24, 2.45) is 0 Å². The number of hydrogen-bond acceptors (Lipinski definition) is 4. The third-order valence-electron chi connectivity index (χ3n) is 4.47. The average molecular weight is 350 g/mol. The Kier molecular flexibility index (Phi) is 4.32. The molecule has 4 rings (SSSR count). The smallest absolute Gasteiger partial charge is 0.290 e. The third kappa shape index (κ3) is 3.46. The number of carbonyl (C=O) groups is 2. The Morgan fingerprint density at radius 2 is 1.96 bits per heavy atom. The van der Waals surface area contributed by atoms with Crippen LogP contribution in [-0.4, -0.2) is 17.7 Å². The molecular weight excluding hydrogens is 332 g/mol. The summed E-state index contributed by atoms with van der Waals surface area (Å²) >= 11 is 0.959. The molecule has 0 aliphatic carbocycles. The van der Waals surface area contributed by atoms with Crippen LogP contribution in [0.5, 0.6) is 0 Å². The number of amides is 2. The van der Waals surface area contributed by atoms with E-state index < -0.39 is 0 Å². The number of hydrogen-bond donors (Lipinski definition) is 1. The lowest BCUT2D eigenvalue weighted by Gasteiger charge is -2.31. The summed E-state index contributed by atoms with van der Waals surface area (Å²) in [5.74, 6) is -0.307. The third-order valence-corrected chi connectivity index (χ3v) is 5.29. The second-order valence-corrected chi connectivity index (χ2v) is 7.27. The van der Waals surface area contributed by atoms with Gasteiger partial charge in [0.25, 0.3) is 11.1 Å². The van der Waals surface area contributed by atoms with Gasteiger partial charge in [-0.1, -0.05) is 36.4 Å². The maximum absolute atomic E-state index is 11.7. The summed E-state index contributed by atoms with van der Waals surface area (Å²) in [6, 6.07) is 16.8. The number of nitrogens with zero attached hydrogens (tertiary/aromatic N) is 1. The van der Waals surface area contributed by atoms with E-state index in [1.54, 1.807) is 6.08 Å². The lowest BCUT2D eigenvalue weighted by molar-refractivity contribution is -0.115. The topological polar surface area (TPSA) is 49.4 Å². The Bertz CT molecular complexity index is 861. The largest absolute Gasteiger partial charge is 0.367 e. The molecule has 0 atom stereocenters. The van der Waals surface area contributed by atoms with Gasteiger partial charge in [-0.2, -0.15) is 0 Å². The minimum Gasteiger partial charge on any atom is -0.367 e. The fourth-order valence-electron chi connectivity index (χ4n) is 3.33. The van der Waals surface area contributed by atoms with Crippen LogP contribution in [0.1, 0.15) is 23.1 Å². The molecule has 0 saturated carbocycles. The minimum absolute atomic E-state index is 0.303. The van der Waals surface area contributed by atoms with Gasteiger partial charge in [0.15, 0.2) is 0 Å². The summed E-state index contributed by atoms with van der Waals surface area (Å²) < 4.78 is 0. The molecule has 1 fully saturated rings. The number of imide groups is 1. The van der Waals surface area contributed by atoms with E-state index in [0.717, 1.165) is 43.3 Å². The molecule has 0 bridgehead atoms. The maximum Gasteiger partial charge on any atom is 0.290 e. The van der Waals surface area contributed by atoms with Crippen LogP contribution in [0.3, 0.4) is 0 Å². The van der Waals surface area contributed by atoms with Crippen LogP contribution in [0.2, 0.25) is 0 Å². The van der Waals surface area contributed by atoms with Crippen molar-refractivity contribution in [2.45, 2.75) is 19.4 Å². The highest BCUT2D eigenvalue weighted by atomic mass is 32.2. The van der Waals surface area contributed by atoms with Gasteiger partial charge in [0.2, 0.25) is 0 Å². The van der Waals surface area contributed by atoms with E-state index in [1.807, 2.05) is 12.1 Å². The number of carbonyl (C=O) groups excluding carboxylic acids is 2. The van der Waals surface area contributed by atoms with Gasteiger partial charge >= 0.3 is 0 Å². The standard InChI is InChI=1S/C20H18N2O2S/c23-19-18(25-20(24)21-19)12-15-8-9-17-16(11-15)7-4-10-22(17)13-14-5-2-1-3-6-14/h1-3,5-6,8-9,11-12H,4,7,10,13H2,(H,21,23,24)/b18-12-. The Morgan fingerprint density at radius 3 is 2.72 bits per heavy atom. The summed E-state index contributed by atoms with van der Waals surface area (Å²) in [5.41, 5.74) is 4.83. The van der Waals surface area contributed by atoms with E-state index in [-0.39, 0.29) is 11.1 Å². The van der Waals surface area contributed by atoms with Crippen molar-refractivity contribution >= 4 is 34.7 Å². The predicted octanol–water partition coefficient (Wildman–Crippen LogP) is 3.96. The van der Waals surface area contributed by atoms with Gasteiger partial charge in [-0.15, -0.1) is 0 Å². The molecule has 0 unspecified atom stereocenters. The zero-order valence-corrected chi connectivity index (χ0v) is 14.5. The Labute approximate surface area is 150 Å². The lowest BCUT2D eigenvalue weighted by Crippen LogP contribution is -2.28. The molecule has 126 valence electrons. The molecule has 2 heterocycles. The quantitative estimate of drug-likeness (QED) is 0.851. The number of benzene rings is 2. The van der Waals surface area contributed by atoms with E-state index in [0.29, 0.717) is 4.91 Å². The van der Waals surface area contributed by atoms with Crippen molar-refractivity contribution in [3.63, 3.8) is 0 Å². The first kappa shape index (κ1) is 16.0. The van der Waals surface area contributed by atoms with Gasteiger partial charge in [0.1, 0.15) is 0 Å². The van der Waals surface area contributed by atoms with Crippen LogP contribution < -0.4 is 10.2 Å². The van der Waals surface area contributed by atoms with Crippen LogP contribution in [0, 0.1) is 0 Å². The molecule has 1 saturated heterocycles. The van der Waals surface area contributed by atoms with Gasteiger partial charge in [-0.25, -0.2) is 0 Å². The lowest BCUT2D eigenvalue weighted by atomic mass is 9.98. The molecule has 4 nitrogen and oxygen atoms in total. The number of rotatable bonds is 3. The normalized spacial score (nSPS) is 18.4. The van der Waals surface area contributed by atoms with E-state index in [1.165, 1.54) is 16.8 Å². The highest BCUT2D eigenvalue weighted by Crippen LogP contribution is 2.31. The monoisotopic (exact) mass is 350 g/mol. The Hall–Kier alpha value is -2.53. The molecule has 0 radical (unpaired) electrons. The molecule has 2 amide bonds. The molecule has 2 aliphatic rings. The molecular formula is C20H18N2O2S. The van der Waals surface area contributed by atoms with Crippen LogP contribution in [0.15, 0.2) is 53.4 Å². The molecule has 25 heavy (non-hydrogen) atoms. The van der Waals surface area contributed by atoms with E-state index in [9.17, 15) is 9.59 Å². The van der Waals surface area contributed by atoms with Crippen LogP contribution in [-0.2, 0) is 17.8 Å².